The molecule has 0 aliphatic heterocycles. The van der Waals surface area contributed by atoms with Crippen molar-refractivity contribution >= 4 is 40.9 Å². The molecular formula is C23H20ClN3O2. The van der Waals surface area contributed by atoms with Crippen molar-refractivity contribution in [1.82, 2.24) is 4.98 Å². The molecule has 0 spiro atoms. The average Bonchev–Trinajstić information content (AvgIpc) is 2.71. The molecule has 0 bridgehead atoms. The minimum atomic E-state index is -0.274. The van der Waals surface area contributed by atoms with Crippen LogP contribution in [0.2, 0.25) is 5.02 Å². The predicted molar refractivity (Wildman–Crippen MR) is 117 cm³/mol. The van der Waals surface area contributed by atoms with Crippen LogP contribution in [-0.4, -0.2) is 16.8 Å². The summed E-state index contributed by atoms with van der Waals surface area (Å²) >= 11 is 6.10. The number of benzene rings is 2. The van der Waals surface area contributed by atoms with Crippen LogP contribution < -0.4 is 10.6 Å². The van der Waals surface area contributed by atoms with Gasteiger partial charge in [0.15, 0.2) is 0 Å². The smallest absolute Gasteiger partial charge is 0.255 e. The Balaban J connectivity index is 1.70. The van der Waals surface area contributed by atoms with Crippen molar-refractivity contribution in [1.29, 1.82) is 0 Å². The van der Waals surface area contributed by atoms with Gasteiger partial charge in [0.2, 0.25) is 5.91 Å². The van der Waals surface area contributed by atoms with Crippen LogP contribution in [0.1, 0.15) is 27.0 Å². The minimum absolute atomic E-state index is 0.272. The molecule has 6 heteroatoms. The summed E-state index contributed by atoms with van der Waals surface area (Å²) in [6, 6.07) is 14.1. The van der Waals surface area contributed by atoms with Crippen LogP contribution in [0, 0.1) is 13.8 Å². The second kappa shape index (κ2) is 9.17. The van der Waals surface area contributed by atoms with Crippen molar-refractivity contribution in [2.24, 2.45) is 0 Å². The van der Waals surface area contributed by atoms with Crippen LogP contribution in [-0.2, 0) is 4.79 Å². The highest BCUT2D eigenvalue weighted by atomic mass is 35.5. The number of anilines is 2. The molecule has 0 unspecified atom stereocenters. The first-order valence-electron chi connectivity index (χ1n) is 8.99. The van der Waals surface area contributed by atoms with Crippen LogP contribution in [0.4, 0.5) is 11.4 Å². The molecule has 146 valence electrons. The lowest BCUT2D eigenvalue weighted by Crippen LogP contribution is -2.13. The molecule has 0 saturated heterocycles. The summed E-state index contributed by atoms with van der Waals surface area (Å²) in [5, 5.41) is 6.20. The van der Waals surface area contributed by atoms with E-state index in [9.17, 15) is 9.59 Å². The maximum atomic E-state index is 12.5. The predicted octanol–water partition coefficient (Wildman–Crippen LogP) is 5.26. The van der Waals surface area contributed by atoms with Gasteiger partial charge in [-0.05, 0) is 66.9 Å². The average molecular weight is 406 g/mol. The number of amides is 2. The van der Waals surface area contributed by atoms with Crippen molar-refractivity contribution in [2.45, 2.75) is 13.8 Å². The first kappa shape index (κ1) is 20.3. The van der Waals surface area contributed by atoms with Gasteiger partial charge >= 0.3 is 0 Å². The highest BCUT2D eigenvalue weighted by molar-refractivity contribution is 6.31. The molecule has 0 fully saturated rings. The van der Waals surface area contributed by atoms with E-state index in [1.165, 1.54) is 6.08 Å². The number of hydrogen-bond acceptors (Lipinski definition) is 3. The summed E-state index contributed by atoms with van der Waals surface area (Å²) in [6.07, 6.45) is 6.47. The summed E-state index contributed by atoms with van der Waals surface area (Å²) in [4.78, 5) is 28.7. The van der Waals surface area contributed by atoms with Crippen molar-refractivity contribution in [2.75, 3.05) is 10.6 Å². The van der Waals surface area contributed by atoms with E-state index in [0.29, 0.717) is 22.0 Å². The third-order valence-electron chi connectivity index (χ3n) is 4.30. The van der Waals surface area contributed by atoms with Crippen LogP contribution in [0.25, 0.3) is 6.08 Å². The number of nitrogens with one attached hydrogen (secondary N) is 2. The number of carbonyl (C=O) groups is 2. The Morgan fingerprint density at radius 2 is 1.79 bits per heavy atom. The molecule has 1 heterocycles. The van der Waals surface area contributed by atoms with E-state index in [0.717, 1.165) is 16.7 Å². The topological polar surface area (TPSA) is 71.1 Å². The van der Waals surface area contributed by atoms with E-state index in [1.807, 2.05) is 26.0 Å². The van der Waals surface area contributed by atoms with Gasteiger partial charge in [-0.25, -0.2) is 0 Å². The summed E-state index contributed by atoms with van der Waals surface area (Å²) < 4.78 is 0. The molecule has 29 heavy (non-hydrogen) atoms. The van der Waals surface area contributed by atoms with Gasteiger partial charge in [0, 0.05) is 40.4 Å². The molecule has 1 aromatic heterocycles. The molecule has 2 amide bonds. The normalized spacial score (nSPS) is 10.7. The van der Waals surface area contributed by atoms with Gasteiger partial charge in [-0.15, -0.1) is 0 Å². The van der Waals surface area contributed by atoms with Gasteiger partial charge in [-0.1, -0.05) is 29.8 Å². The lowest BCUT2D eigenvalue weighted by atomic mass is 10.1. The van der Waals surface area contributed by atoms with E-state index in [1.54, 1.807) is 54.9 Å². The second-order valence-corrected chi connectivity index (χ2v) is 6.96. The maximum Gasteiger partial charge on any atom is 0.255 e. The molecular weight excluding hydrogens is 386 g/mol. The number of carbonyl (C=O) groups excluding carboxylic acids is 2. The van der Waals surface area contributed by atoms with E-state index in [-0.39, 0.29) is 11.8 Å². The lowest BCUT2D eigenvalue weighted by Gasteiger charge is -2.11. The van der Waals surface area contributed by atoms with Crippen molar-refractivity contribution in [3.8, 4) is 0 Å². The highest BCUT2D eigenvalue weighted by Gasteiger charge is 2.10. The summed E-state index contributed by atoms with van der Waals surface area (Å²) in [7, 11) is 0. The molecule has 3 aromatic rings. The highest BCUT2D eigenvalue weighted by Crippen LogP contribution is 2.22. The zero-order valence-electron chi connectivity index (χ0n) is 16.1. The fourth-order valence-corrected chi connectivity index (χ4v) is 2.77. The fraction of sp³-hybridized carbons (Fsp3) is 0.0870. The van der Waals surface area contributed by atoms with Crippen molar-refractivity contribution in [3.63, 3.8) is 0 Å². The Kier molecular flexibility index (Phi) is 6.42. The third-order valence-corrected chi connectivity index (χ3v) is 4.71. The summed E-state index contributed by atoms with van der Waals surface area (Å²) in [5.41, 5.74) is 4.27. The third kappa shape index (κ3) is 5.53. The zero-order valence-corrected chi connectivity index (χ0v) is 16.8. The van der Waals surface area contributed by atoms with Gasteiger partial charge < -0.3 is 10.6 Å². The van der Waals surface area contributed by atoms with Gasteiger partial charge in [-0.2, -0.15) is 0 Å². The molecule has 3 rings (SSSR count). The van der Waals surface area contributed by atoms with E-state index in [4.69, 9.17) is 11.6 Å². The number of pyridine rings is 1. The van der Waals surface area contributed by atoms with E-state index in [2.05, 4.69) is 15.6 Å². The zero-order chi connectivity index (χ0) is 20.8. The first-order valence-corrected chi connectivity index (χ1v) is 9.37. The molecule has 0 aliphatic rings. The van der Waals surface area contributed by atoms with Gasteiger partial charge in [0.1, 0.15) is 0 Å². The number of hydrogen-bond donors (Lipinski definition) is 2. The maximum absolute atomic E-state index is 12.5. The lowest BCUT2D eigenvalue weighted by molar-refractivity contribution is -0.111. The SMILES string of the molecule is Cc1ccc(C(=O)Nc2ccc(C)c(NC(=O)/C=C/c3cccnc3)c2)cc1Cl. The van der Waals surface area contributed by atoms with Crippen molar-refractivity contribution in [3.05, 3.63) is 94.3 Å². The number of aryl methyl sites for hydroxylation is 2. The van der Waals surface area contributed by atoms with Crippen molar-refractivity contribution < 1.29 is 9.59 Å². The standard InChI is InChI=1S/C23H20ClN3O2/c1-15-5-8-18(12-20(15)24)23(29)26-19-9-6-16(2)21(13-19)27-22(28)10-7-17-4-3-11-25-14-17/h3-14H,1-2H3,(H,26,29)(H,27,28)/b10-7+. The molecule has 2 aromatic carbocycles. The fourth-order valence-electron chi connectivity index (χ4n) is 2.59. The van der Waals surface area contributed by atoms with Crippen LogP contribution in [0.5, 0.6) is 0 Å². The number of aromatic nitrogens is 1. The number of halogens is 1. The Hall–Kier alpha value is -3.44. The van der Waals surface area contributed by atoms with E-state index >= 15 is 0 Å². The van der Waals surface area contributed by atoms with Crippen LogP contribution >= 0.6 is 11.6 Å². The number of nitrogens with zero attached hydrogens (tertiary/aromatic N) is 1. The minimum Gasteiger partial charge on any atom is -0.322 e. The van der Waals surface area contributed by atoms with E-state index < -0.39 is 0 Å². The largest absolute Gasteiger partial charge is 0.322 e. The van der Waals surface area contributed by atoms with Crippen LogP contribution in [0.3, 0.4) is 0 Å². The molecule has 0 aliphatic carbocycles. The molecule has 5 nitrogen and oxygen atoms in total. The molecule has 0 atom stereocenters. The Labute approximate surface area is 174 Å². The monoisotopic (exact) mass is 405 g/mol. The van der Waals surface area contributed by atoms with Gasteiger partial charge in [-0.3, -0.25) is 14.6 Å². The molecule has 0 radical (unpaired) electrons. The quantitative estimate of drug-likeness (QED) is 0.569. The summed E-state index contributed by atoms with van der Waals surface area (Å²) in [6.45, 7) is 3.76. The Bertz CT molecular complexity index is 1080. The van der Waals surface area contributed by atoms with Gasteiger partial charge in [0.25, 0.3) is 5.91 Å². The number of rotatable bonds is 5. The molecule has 2 N–H and O–H groups in total. The summed E-state index contributed by atoms with van der Waals surface area (Å²) in [5.74, 6) is -0.546. The first-order chi connectivity index (χ1) is 13.9. The second-order valence-electron chi connectivity index (χ2n) is 6.56. The van der Waals surface area contributed by atoms with Gasteiger partial charge in [0.05, 0.1) is 0 Å². The Morgan fingerprint density at radius 3 is 2.52 bits per heavy atom. The Morgan fingerprint density at radius 1 is 1.00 bits per heavy atom. The van der Waals surface area contributed by atoms with Crippen LogP contribution in [0.15, 0.2) is 67.0 Å². The molecule has 0 saturated carbocycles.